The Bertz CT molecular complexity index is 924. The molecule has 0 saturated carbocycles. The second-order valence-corrected chi connectivity index (χ2v) is 5.75. The number of aromatic nitrogens is 2. The van der Waals surface area contributed by atoms with Crippen molar-refractivity contribution in [3.63, 3.8) is 0 Å². The lowest BCUT2D eigenvalue weighted by molar-refractivity contribution is -0.384. The average molecular weight is 376 g/mol. The zero-order chi connectivity index (χ0) is 18.5. The van der Waals surface area contributed by atoms with E-state index < -0.39 is 10.8 Å². The first-order chi connectivity index (χ1) is 12.6. The van der Waals surface area contributed by atoms with Crippen molar-refractivity contribution >= 4 is 29.0 Å². The van der Waals surface area contributed by atoms with E-state index in [4.69, 9.17) is 13.6 Å². The van der Waals surface area contributed by atoms with E-state index in [-0.39, 0.29) is 28.2 Å². The number of nitro benzene ring substituents is 1. The molecule has 0 aliphatic carbocycles. The summed E-state index contributed by atoms with van der Waals surface area (Å²) in [6.45, 7) is 0. The monoisotopic (exact) mass is 376 g/mol. The van der Waals surface area contributed by atoms with Crippen molar-refractivity contribution in [3.8, 4) is 17.4 Å². The molecule has 0 atom stereocenters. The van der Waals surface area contributed by atoms with Gasteiger partial charge in [0.1, 0.15) is 11.4 Å². The van der Waals surface area contributed by atoms with Gasteiger partial charge in [-0.3, -0.25) is 14.9 Å². The predicted octanol–water partition coefficient (Wildman–Crippen LogP) is 2.98. The van der Waals surface area contributed by atoms with Gasteiger partial charge in [-0.25, -0.2) is 0 Å². The van der Waals surface area contributed by atoms with Crippen LogP contribution in [0.15, 0.2) is 50.7 Å². The number of carbonyl (C=O) groups excluding carboxylic acids is 1. The summed E-state index contributed by atoms with van der Waals surface area (Å²) in [5, 5.41) is 21.4. The molecule has 0 saturated heterocycles. The smallest absolute Gasteiger partial charge is 0.296 e. The van der Waals surface area contributed by atoms with Crippen LogP contribution in [0, 0.1) is 10.1 Å². The zero-order valence-corrected chi connectivity index (χ0v) is 14.2. The molecule has 1 amide bonds. The Morgan fingerprint density at radius 3 is 2.92 bits per heavy atom. The van der Waals surface area contributed by atoms with Crippen molar-refractivity contribution in [2.45, 2.75) is 5.22 Å². The number of nitrogens with zero attached hydrogens (tertiary/aromatic N) is 3. The van der Waals surface area contributed by atoms with Crippen LogP contribution in [0.5, 0.6) is 5.75 Å². The summed E-state index contributed by atoms with van der Waals surface area (Å²) in [5.74, 6) is 0.413. The van der Waals surface area contributed by atoms with Gasteiger partial charge in [0.05, 0.1) is 30.1 Å². The quantitative estimate of drug-likeness (QED) is 0.375. The summed E-state index contributed by atoms with van der Waals surface area (Å²) in [4.78, 5) is 22.6. The lowest BCUT2D eigenvalue weighted by atomic mass is 10.2. The summed E-state index contributed by atoms with van der Waals surface area (Å²) in [6, 6.07) is 7.50. The highest BCUT2D eigenvalue weighted by Crippen LogP contribution is 2.29. The first-order valence-electron chi connectivity index (χ1n) is 7.19. The van der Waals surface area contributed by atoms with E-state index in [1.54, 1.807) is 12.1 Å². The molecule has 1 N–H and O–H groups in total. The summed E-state index contributed by atoms with van der Waals surface area (Å²) in [6.07, 6.45) is 1.47. The third kappa shape index (κ3) is 4.00. The molecule has 2 aromatic heterocycles. The molecule has 3 rings (SSSR count). The number of anilines is 1. The number of rotatable bonds is 7. The maximum Gasteiger partial charge on any atom is 0.296 e. The van der Waals surface area contributed by atoms with Gasteiger partial charge < -0.3 is 18.9 Å². The number of benzene rings is 1. The van der Waals surface area contributed by atoms with Gasteiger partial charge in [0.15, 0.2) is 5.76 Å². The molecule has 134 valence electrons. The van der Waals surface area contributed by atoms with Gasteiger partial charge in [-0.15, -0.1) is 10.2 Å². The Morgan fingerprint density at radius 2 is 2.23 bits per heavy atom. The summed E-state index contributed by atoms with van der Waals surface area (Å²) < 4.78 is 15.4. The third-order valence-electron chi connectivity index (χ3n) is 3.14. The van der Waals surface area contributed by atoms with Crippen LogP contribution in [0.1, 0.15) is 0 Å². The Balaban J connectivity index is 1.62. The largest absolute Gasteiger partial charge is 0.496 e. The van der Waals surface area contributed by atoms with E-state index >= 15 is 0 Å². The highest BCUT2D eigenvalue weighted by atomic mass is 32.2. The summed E-state index contributed by atoms with van der Waals surface area (Å²) in [5.41, 5.74) is -0.191. The van der Waals surface area contributed by atoms with Crippen molar-refractivity contribution in [1.82, 2.24) is 10.2 Å². The molecule has 10 nitrogen and oxygen atoms in total. The third-order valence-corrected chi connectivity index (χ3v) is 3.96. The van der Waals surface area contributed by atoms with Crippen molar-refractivity contribution in [1.29, 1.82) is 0 Å². The molecule has 0 radical (unpaired) electrons. The van der Waals surface area contributed by atoms with E-state index in [2.05, 4.69) is 15.5 Å². The number of nitro groups is 1. The molecule has 0 spiro atoms. The summed E-state index contributed by atoms with van der Waals surface area (Å²) in [7, 11) is 1.40. The molecule has 1 aromatic carbocycles. The van der Waals surface area contributed by atoms with Crippen molar-refractivity contribution in [2.75, 3.05) is 18.2 Å². The fraction of sp³-hybridized carbons (Fsp3) is 0.133. The number of furan rings is 1. The van der Waals surface area contributed by atoms with E-state index in [0.29, 0.717) is 11.5 Å². The van der Waals surface area contributed by atoms with E-state index in [1.807, 2.05) is 0 Å². The molecule has 0 aliphatic heterocycles. The van der Waals surface area contributed by atoms with E-state index in [0.717, 1.165) is 11.8 Å². The van der Waals surface area contributed by atoms with Crippen molar-refractivity contribution < 1.29 is 23.3 Å². The van der Waals surface area contributed by atoms with Gasteiger partial charge in [0.25, 0.3) is 16.8 Å². The standard InChI is InChI=1S/C15H12N4O6S/c1-23-9-4-5-10(11(7-9)19(21)22)16-13(20)8-26-15-18-17-14(25-15)12-3-2-6-24-12/h2-7H,8H2,1H3,(H,16,20). The number of methoxy groups -OCH3 is 1. The highest BCUT2D eigenvalue weighted by Gasteiger charge is 2.18. The molecule has 0 aliphatic rings. The fourth-order valence-corrected chi connectivity index (χ4v) is 2.54. The first-order valence-corrected chi connectivity index (χ1v) is 8.18. The van der Waals surface area contributed by atoms with Crippen LogP contribution in [0.25, 0.3) is 11.7 Å². The van der Waals surface area contributed by atoms with Crippen molar-refractivity contribution in [2.24, 2.45) is 0 Å². The van der Waals surface area contributed by atoms with E-state index in [9.17, 15) is 14.9 Å². The minimum atomic E-state index is -0.598. The number of nitrogens with one attached hydrogen (secondary N) is 1. The van der Waals surface area contributed by atoms with Gasteiger partial charge >= 0.3 is 0 Å². The van der Waals surface area contributed by atoms with Crippen LogP contribution >= 0.6 is 11.8 Å². The summed E-state index contributed by atoms with van der Waals surface area (Å²) >= 11 is 0.999. The lowest BCUT2D eigenvalue weighted by Gasteiger charge is -2.06. The minimum absolute atomic E-state index is 0.0665. The van der Waals surface area contributed by atoms with Crippen LogP contribution in [0.3, 0.4) is 0 Å². The fourth-order valence-electron chi connectivity index (χ4n) is 1.98. The van der Waals surface area contributed by atoms with Crippen LogP contribution in [-0.2, 0) is 4.79 Å². The predicted molar refractivity (Wildman–Crippen MR) is 91.0 cm³/mol. The Kier molecular flexibility index (Phi) is 5.17. The number of ether oxygens (including phenoxy) is 1. The van der Waals surface area contributed by atoms with Gasteiger partial charge in [-0.05, 0) is 24.3 Å². The highest BCUT2D eigenvalue weighted by molar-refractivity contribution is 7.99. The molecular formula is C15H12N4O6S. The van der Waals surface area contributed by atoms with Gasteiger partial charge in [-0.1, -0.05) is 11.8 Å². The SMILES string of the molecule is COc1ccc(NC(=O)CSc2nnc(-c3ccco3)o2)c([N+](=O)[O-])c1. The van der Waals surface area contributed by atoms with Crippen LogP contribution in [0.4, 0.5) is 11.4 Å². The maximum atomic E-state index is 12.1. The van der Waals surface area contributed by atoms with Crippen LogP contribution in [0.2, 0.25) is 0 Å². The van der Waals surface area contributed by atoms with Crippen molar-refractivity contribution in [3.05, 3.63) is 46.7 Å². The normalized spacial score (nSPS) is 10.5. The number of hydrogen-bond donors (Lipinski definition) is 1. The molecule has 26 heavy (non-hydrogen) atoms. The molecule has 11 heteroatoms. The second-order valence-electron chi connectivity index (χ2n) is 4.83. The van der Waals surface area contributed by atoms with E-state index in [1.165, 1.54) is 31.6 Å². The number of thioether (sulfide) groups is 1. The topological polar surface area (TPSA) is 134 Å². The molecule has 0 fully saturated rings. The first kappa shape index (κ1) is 17.5. The number of carbonyl (C=O) groups is 1. The Hall–Kier alpha value is -3.34. The Morgan fingerprint density at radius 1 is 1.38 bits per heavy atom. The molecule has 3 aromatic rings. The average Bonchev–Trinajstić information content (AvgIpc) is 3.31. The van der Waals surface area contributed by atoms with Crippen LogP contribution < -0.4 is 10.1 Å². The second kappa shape index (κ2) is 7.70. The van der Waals surface area contributed by atoms with Crippen LogP contribution in [-0.4, -0.2) is 33.9 Å². The molecule has 2 heterocycles. The maximum absolute atomic E-state index is 12.1. The lowest BCUT2D eigenvalue weighted by Crippen LogP contribution is -2.15. The number of amides is 1. The molecule has 0 bridgehead atoms. The number of hydrogen-bond acceptors (Lipinski definition) is 9. The molecule has 0 unspecified atom stereocenters. The van der Waals surface area contributed by atoms with Gasteiger partial charge in [-0.2, -0.15) is 0 Å². The minimum Gasteiger partial charge on any atom is -0.496 e. The Labute approximate surface area is 150 Å². The van der Waals surface area contributed by atoms with Gasteiger partial charge in [0, 0.05) is 0 Å². The zero-order valence-electron chi connectivity index (χ0n) is 13.4. The van der Waals surface area contributed by atoms with Gasteiger partial charge in [0.2, 0.25) is 5.91 Å². The molecular weight excluding hydrogens is 364 g/mol.